The standard InChI is InChI=1S/C17H14N4O3/c1-11-15(13(9-18)17(24-11)21-7-3-4-8-21)16(22)20-12-5-6-14(23-2)19-10-12/h3-8,10H,1-2H3,(H,20,22). The molecule has 0 saturated heterocycles. The SMILES string of the molecule is COc1ccc(NC(=O)c2c(C)oc(-n3cccc3)c2C#N)cn1. The molecular formula is C17H14N4O3. The Balaban J connectivity index is 1.93. The summed E-state index contributed by atoms with van der Waals surface area (Å²) >= 11 is 0. The molecule has 0 aliphatic carbocycles. The van der Waals surface area contributed by atoms with Gasteiger partial charge >= 0.3 is 0 Å². The number of methoxy groups -OCH3 is 1. The second-order valence-electron chi connectivity index (χ2n) is 4.96. The van der Waals surface area contributed by atoms with Gasteiger partial charge in [-0.1, -0.05) is 0 Å². The van der Waals surface area contributed by atoms with Crippen LogP contribution in [0.5, 0.6) is 5.88 Å². The first kappa shape index (κ1) is 15.4. The second kappa shape index (κ2) is 6.30. The quantitative estimate of drug-likeness (QED) is 0.797. The number of pyridine rings is 1. The smallest absolute Gasteiger partial charge is 0.260 e. The Hall–Kier alpha value is -3.53. The van der Waals surface area contributed by atoms with E-state index in [1.165, 1.54) is 13.3 Å². The van der Waals surface area contributed by atoms with Gasteiger partial charge in [0.25, 0.3) is 5.91 Å². The van der Waals surface area contributed by atoms with Crippen molar-refractivity contribution >= 4 is 11.6 Å². The maximum Gasteiger partial charge on any atom is 0.260 e. The monoisotopic (exact) mass is 322 g/mol. The van der Waals surface area contributed by atoms with E-state index in [0.717, 1.165) is 0 Å². The summed E-state index contributed by atoms with van der Waals surface area (Å²) in [5.74, 6) is 0.700. The van der Waals surface area contributed by atoms with Crippen molar-refractivity contribution in [3.05, 3.63) is 59.7 Å². The van der Waals surface area contributed by atoms with Gasteiger partial charge in [-0.3, -0.25) is 9.36 Å². The average Bonchev–Trinajstić information content (AvgIpc) is 3.22. The molecule has 3 rings (SSSR count). The average molecular weight is 322 g/mol. The van der Waals surface area contributed by atoms with E-state index >= 15 is 0 Å². The summed E-state index contributed by atoms with van der Waals surface area (Å²) < 4.78 is 12.2. The van der Waals surface area contributed by atoms with Gasteiger partial charge in [0, 0.05) is 18.5 Å². The van der Waals surface area contributed by atoms with Crippen molar-refractivity contribution in [3.8, 4) is 17.8 Å². The first-order chi connectivity index (χ1) is 11.6. The van der Waals surface area contributed by atoms with Crippen molar-refractivity contribution in [3.63, 3.8) is 0 Å². The molecule has 0 fully saturated rings. The molecular weight excluding hydrogens is 308 g/mol. The van der Waals surface area contributed by atoms with Crippen LogP contribution in [0.1, 0.15) is 21.7 Å². The number of anilines is 1. The molecule has 24 heavy (non-hydrogen) atoms. The van der Waals surface area contributed by atoms with Gasteiger partial charge in [0.1, 0.15) is 23.0 Å². The van der Waals surface area contributed by atoms with E-state index in [0.29, 0.717) is 23.2 Å². The largest absolute Gasteiger partial charge is 0.481 e. The predicted molar refractivity (Wildman–Crippen MR) is 86.2 cm³/mol. The first-order valence-corrected chi connectivity index (χ1v) is 7.12. The molecule has 0 bridgehead atoms. The summed E-state index contributed by atoms with van der Waals surface area (Å²) in [5.41, 5.74) is 0.882. The lowest BCUT2D eigenvalue weighted by Gasteiger charge is -2.05. The van der Waals surface area contributed by atoms with Crippen molar-refractivity contribution in [1.29, 1.82) is 5.26 Å². The molecule has 0 radical (unpaired) electrons. The van der Waals surface area contributed by atoms with Crippen LogP contribution in [0, 0.1) is 18.3 Å². The third-order valence-corrected chi connectivity index (χ3v) is 3.45. The lowest BCUT2D eigenvalue weighted by molar-refractivity contribution is 0.102. The molecule has 0 aromatic carbocycles. The molecule has 0 spiro atoms. The molecule has 7 nitrogen and oxygen atoms in total. The van der Waals surface area contributed by atoms with Crippen molar-refractivity contribution in [2.75, 3.05) is 12.4 Å². The Morgan fingerprint density at radius 3 is 2.71 bits per heavy atom. The third kappa shape index (κ3) is 2.73. The molecule has 0 atom stereocenters. The van der Waals surface area contributed by atoms with Gasteiger partial charge < -0.3 is 14.5 Å². The van der Waals surface area contributed by atoms with Gasteiger partial charge in [0.15, 0.2) is 0 Å². The first-order valence-electron chi connectivity index (χ1n) is 7.12. The minimum Gasteiger partial charge on any atom is -0.481 e. The number of carbonyl (C=O) groups excluding carboxylic acids is 1. The molecule has 1 amide bonds. The minimum absolute atomic E-state index is 0.183. The van der Waals surface area contributed by atoms with Crippen LogP contribution in [0.2, 0.25) is 0 Å². The van der Waals surface area contributed by atoms with Crippen LogP contribution in [0.3, 0.4) is 0 Å². The highest BCUT2D eigenvalue weighted by molar-refractivity contribution is 6.07. The zero-order valence-corrected chi connectivity index (χ0v) is 13.1. The molecule has 0 unspecified atom stereocenters. The van der Waals surface area contributed by atoms with Gasteiger partial charge in [-0.2, -0.15) is 5.26 Å². The van der Waals surface area contributed by atoms with Crippen molar-refractivity contribution in [2.45, 2.75) is 6.92 Å². The number of hydrogen-bond acceptors (Lipinski definition) is 5. The van der Waals surface area contributed by atoms with Crippen LogP contribution in [-0.4, -0.2) is 22.6 Å². The number of ether oxygens (including phenoxy) is 1. The summed E-state index contributed by atoms with van der Waals surface area (Å²) in [6.07, 6.45) is 4.97. The number of carbonyl (C=O) groups is 1. The van der Waals surface area contributed by atoms with Gasteiger partial charge in [-0.25, -0.2) is 4.98 Å². The summed E-state index contributed by atoms with van der Waals surface area (Å²) in [6, 6.07) is 8.96. The number of aryl methyl sites for hydroxylation is 1. The van der Waals surface area contributed by atoms with Crippen LogP contribution < -0.4 is 10.1 Å². The molecule has 7 heteroatoms. The second-order valence-corrected chi connectivity index (χ2v) is 4.96. The van der Waals surface area contributed by atoms with Crippen LogP contribution in [0.4, 0.5) is 5.69 Å². The van der Waals surface area contributed by atoms with Gasteiger partial charge in [-0.15, -0.1) is 0 Å². The molecule has 0 aliphatic rings. The van der Waals surface area contributed by atoms with Gasteiger partial charge in [0.05, 0.1) is 19.0 Å². The fourth-order valence-electron chi connectivity index (χ4n) is 2.33. The summed E-state index contributed by atoms with van der Waals surface area (Å²) in [7, 11) is 1.51. The normalized spacial score (nSPS) is 10.2. The molecule has 0 aliphatic heterocycles. The minimum atomic E-state index is -0.432. The number of nitrogens with zero attached hydrogens (tertiary/aromatic N) is 3. The van der Waals surface area contributed by atoms with Crippen LogP contribution >= 0.6 is 0 Å². The Bertz CT molecular complexity index is 903. The lowest BCUT2D eigenvalue weighted by Crippen LogP contribution is -2.14. The van der Waals surface area contributed by atoms with E-state index in [1.807, 2.05) is 18.2 Å². The summed E-state index contributed by atoms with van der Waals surface area (Å²) in [5, 5.41) is 12.2. The zero-order chi connectivity index (χ0) is 17.1. The van der Waals surface area contributed by atoms with E-state index in [2.05, 4.69) is 10.3 Å². The molecule has 3 aromatic rings. The predicted octanol–water partition coefficient (Wildman–Crippen LogP) is 2.91. The van der Waals surface area contributed by atoms with E-state index in [1.54, 1.807) is 36.0 Å². The molecule has 1 N–H and O–H groups in total. The number of nitriles is 1. The maximum atomic E-state index is 12.6. The van der Waals surface area contributed by atoms with Gasteiger partial charge in [0.2, 0.25) is 11.8 Å². The maximum absolute atomic E-state index is 12.6. The molecule has 120 valence electrons. The fourth-order valence-corrected chi connectivity index (χ4v) is 2.33. The molecule has 3 aromatic heterocycles. The number of hydrogen-bond donors (Lipinski definition) is 1. The topological polar surface area (TPSA) is 93.1 Å². The summed E-state index contributed by atoms with van der Waals surface area (Å²) in [4.78, 5) is 16.6. The Labute approximate surface area is 138 Å². The Morgan fingerprint density at radius 1 is 1.38 bits per heavy atom. The van der Waals surface area contributed by atoms with E-state index in [9.17, 15) is 10.1 Å². The third-order valence-electron chi connectivity index (χ3n) is 3.45. The number of aromatic nitrogens is 2. The van der Waals surface area contributed by atoms with E-state index in [4.69, 9.17) is 9.15 Å². The number of amides is 1. The summed E-state index contributed by atoms with van der Waals surface area (Å²) in [6.45, 7) is 1.65. The van der Waals surface area contributed by atoms with Crippen molar-refractivity contribution < 1.29 is 13.9 Å². The fraction of sp³-hybridized carbons (Fsp3) is 0.118. The zero-order valence-electron chi connectivity index (χ0n) is 13.1. The number of nitrogens with one attached hydrogen (secondary N) is 1. The highest BCUT2D eigenvalue weighted by atomic mass is 16.5. The number of rotatable bonds is 4. The van der Waals surface area contributed by atoms with Crippen molar-refractivity contribution in [2.24, 2.45) is 0 Å². The highest BCUT2D eigenvalue weighted by Gasteiger charge is 2.24. The van der Waals surface area contributed by atoms with Crippen LogP contribution in [0.25, 0.3) is 5.88 Å². The molecule has 3 heterocycles. The number of furan rings is 1. The van der Waals surface area contributed by atoms with E-state index in [-0.39, 0.29) is 11.1 Å². The van der Waals surface area contributed by atoms with Crippen LogP contribution in [0.15, 0.2) is 47.3 Å². The molecule has 0 saturated carbocycles. The Kier molecular flexibility index (Phi) is 4.03. The van der Waals surface area contributed by atoms with E-state index < -0.39 is 5.91 Å². The Morgan fingerprint density at radius 2 is 2.12 bits per heavy atom. The van der Waals surface area contributed by atoms with Crippen molar-refractivity contribution in [1.82, 2.24) is 9.55 Å². The lowest BCUT2D eigenvalue weighted by atomic mass is 10.1. The highest BCUT2D eigenvalue weighted by Crippen LogP contribution is 2.26. The van der Waals surface area contributed by atoms with Crippen LogP contribution in [-0.2, 0) is 0 Å². The van der Waals surface area contributed by atoms with Gasteiger partial charge in [-0.05, 0) is 25.1 Å².